The first kappa shape index (κ1) is 15.8. The molecule has 1 aromatic heterocycles. The first-order chi connectivity index (χ1) is 11.7. The summed E-state index contributed by atoms with van der Waals surface area (Å²) in [5.41, 5.74) is 5.90. The third-order valence-corrected chi connectivity index (χ3v) is 3.43. The van der Waals surface area contributed by atoms with Gasteiger partial charge in [0.05, 0.1) is 12.3 Å². The predicted octanol–water partition coefficient (Wildman–Crippen LogP) is 3.43. The molecule has 1 heterocycles. The van der Waals surface area contributed by atoms with Crippen LogP contribution in [0.4, 0.5) is 10.5 Å². The minimum Gasteiger partial charge on any atom is -0.306 e. The van der Waals surface area contributed by atoms with Crippen LogP contribution in [-0.4, -0.2) is 15.8 Å². The Kier molecular flexibility index (Phi) is 4.88. The van der Waals surface area contributed by atoms with Crippen molar-refractivity contribution in [1.29, 1.82) is 0 Å². The third-order valence-electron chi connectivity index (χ3n) is 3.43. The topological polar surface area (TPSA) is 68.2 Å². The van der Waals surface area contributed by atoms with Gasteiger partial charge in [0, 0.05) is 17.6 Å². The van der Waals surface area contributed by atoms with Crippen molar-refractivity contribution in [3.05, 3.63) is 78.1 Å². The van der Waals surface area contributed by atoms with E-state index < -0.39 is 6.03 Å². The van der Waals surface area contributed by atoms with Crippen molar-refractivity contribution in [2.75, 3.05) is 5.32 Å². The fourth-order valence-corrected chi connectivity index (χ4v) is 2.27. The molecule has 6 nitrogen and oxygen atoms in total. The number of aryl methyl sites for hydroxylation is 1. The van der Waals surface area contributed by atoms with Gasteiger partial charge in [-0.1, -0.05) is 36.4 Å². The Bertz CT molecular complexity index is 815. The van der Waals surface area contributed by atoms with Gasteiger partial charge in [0.15, 0.2) is 0 Å². The highest BCUT2D eigenvalue weighted by molar-refractivity contribution is 5.88. The molecule has 2 N–H and O–H groups in total. The number of carbonyl (C=O) groups is 1. The Balaban J connectivity index is 1.56. The average molecular weight is 322 g/mol. The number of urea groups is 1. The molecule has 0 radical (unpaired) electrons. The van der Waals surface area contributed by atoms with E-state index in [1.165, 1.54) is 0 Å². The lowest BCUT2D eigenvalue weighted by Gasteiger charge is -2.10. The van der Waals surface area contributed by atoms with E-state index in [2.05, 4.69) is 15.9 Å². The fraction of sp³-hybridized carbons (Fsp3) is 0.111. The van der Waals surface area contributed by atoms with Crippen LogP contribution in [0.25, 0.3) is 5.69 Å². The van der Waals surface area contributed by atoms with Crippen molar-refractivity contribution in [2.45, 2.75) is 13.5 Å². The lowest BCUT2D eigenvalue weighted by Crippen LogP contribution is -2.28. The van der Waals surface area contributed by atoms with Crippen LogP contribution >= 0.6 is 0 Å². The fourth-order valence-electron chi connectivity index (χ4n) is 2.27. The van der Waals surface area contributed by atoms with E-state index in [-0.39, 0.29) is 0 Å². The molecular weight excluding hydrogens is 304 g/mol. The first-order valence-corrected chi connectivity index (χ1v) is 7.56. The minimum absolute atomic E-state index is 0.306. The zero-order valence-electron chi connectivity index (χ0n) is 13.3. The van der Waals surface area contributed by atoms with E-state index in [9.17, 15) is 4.79 Å². The molecule has 0 aliphatic carbocycles. The zero-order chi connectivity index (χ0) is 16.8. The zero-order valence-corrected chi connectivity index (χ0v) is 13.3. The molecule has 0 saturated heterocycles. The summed E-state index contributed by atoms with van der Waals surface area (Å²) in [6.45, 7) is 2.28. The average Bonchev–Trinajstić information content (AvgIpc) is 3.02. The van der Waals surface area contributed by atoms with Gasteiger partial charge in [0.25, 0.3) is 0 Å². The van der Waals surface area contributed by atoms with Crippen LogP contribution in [0.2, 0.25) is 0 Å². The maximum Gasteiger partial charge on any atom is 0.343 e. The largest absolute Gasteiger partial charge is 0.343 e. The number of anilines is 1. The molecule has 0 bridgehead atoms. The molecule has 0 saturated carbocycles. The van der Waals surface area contributed by atoms with Crippen LogP contribution in [0.1, 0.15) is 11.3 Å². The second kappa shape index (κ2) is 7.43. The molecular formula is C18H18N4O2. The smallest absolute Gasteiger partial charge is 0.306 e. The summed E-state index contributed by atoms with van der Waals surface area (Å²) < 4.78 is 1.80. The van der Waals surface area contributed by atoms with Crippen LogP contribution in [0.3, 0.4) is 0 Å². The molecule has 0 aliphatic heterocycles. The van der Waals surface area contributed by atoms with Crippen molar-refractivity contribution in [3.8, 4) is 5.69 Å². The number of carbonyl (C=O) groups excluding carboxylic acids is 1. The van der Waals surface area contributed by atoms with Crippen LogP contribution in [0.15, 0.2) is 66.9 Å². The summed E-state index contributed by atoms with van der Waals surface area (Å²) >= 11 is 0. The van der Waals surface area contributed by atoms with E-state index in [4.69, 9.17) is 4.84 Å². The summed E-state index contributed by atoms with van der Waals surface area (Å²) in [7, 11) is 0. The summed E-state index contributed by atoms with van der Waals surface area (Å²) in [4.78, 5) is 17.1. The molecule has 6 heteroatoms. The molecule has 0 unspecified atom stereocenters. The van der Waals surface area contributed by atoms with Gasteiger partial charge in [-0.15, -0.1) is 0 Å². The second-order valence-corrected chi connectivity index (χ2v) is 5.27. The third kappa shape index (κ3) is 3.99. The maximum atomic E-state index is 11.9. The van der Waals surface area contributed by atoms with Gasteiger partial charge in [-0.25, -0.2) is 15.0 Å². The summed E-state index contributed by atoms with van der Waals surface area (Å²) in [5.74, 6) is 0. The summed E-state index contributed by atoms with van der Waals surface area (Å²) in [5, 5.41) is 6.99. The molecule has 0 spiro atoms. The normalized spacial score (nSPS) is 10.4. The molecule has 0 atom stereocenters. The van der Waals surface area contributed by atoms with Gasteiger partial charge >= 0.3 is 6.03 Å². The second-order valence-electron chi connectivity index (χ2n) is 5.27. The molecule has 122 valence electrons. The number of benzene rings is 2. The van der Waals surface area contributed by atoms with Crippen molar-refractivity contribution < 1.29 is 9.63 Å². The Morgan fingerprint density at radius 2 is 1.96 bits per heavy atom. The summed E-state index contributed by atoms with van der Waals surface area (Å²) in [6.07, 6.45) is 1.74. The Hall–Kier alpha value is -3.12. The molecule has 24 heavy (non-hydrogen) atoms. The Morgan fingerprint density at radius 3 is 2.71 bits per heavy atom. The lowest BCUT2D eigenvalue weighted by molar-refractivity contribution is 0.0536. The number of rotatable bonds is 5. The predicted molar refractivity (Wildman–Crippen MR) is 91.7 cm³/mol. The number of hydroxylamine groups is 1. The monoisotopic (exact) mass is 322 g/mol. The number of hydrogen-bond acceptors (Lipinski definition) is 3. The van der Waals surface area contributed by atoms with Crippen LogP contribution < -0.4 is 10.8 Å². The Morgan fingerprint density at radius 1 is 1.12 bits per heavy atom. The highest BCUT2D eigenvalue weighted by Gasteiger charge is 2.05. The maximum absolute atomic E-state index is 11.9. The highest BCUT2D eigenvalue weighted by Crippen LogP contribution is 2.15. The Labute approximate surface area is 140 Å². The van der Waals surface area contributed by atoms with Gasteiger partial charge in [-0.2, -0.15) is 5.10 Å². The number of nitrogens with one attached hydrogen (secondary N) is 2. The first-order valence-electron chi connectivity index (χ1n) is 7.56. The van der Waals surface area contributed by atoms with Crippen molar-refractivity contribution in [2.24, 2.45) is 0 Å². The van der Waals surface area contributed by atoms with E-state index in [0.29, 0.717) is 12.3 Å². The molecule has 2 amide bonds. The quantitative estimate of drug-likeness (QED) is 0.707. The highest BCUT2D eigenvalue weighted by atomic mass is 16.7. The standard InChI is InChI=1S/C18H18N4O2/c1-14-10-11-19-22(14)17-9-5-8-16(12-17)20-18(23)21-24-13-15-6-3-2-4-7-15/h2-12H,13H2,1H3,(H2,20,21,23). The van der Waals surface area contributed by atoms with E-state index in [1.54, 1.807) is 16.9 Å². The van der Waals surface area contributed by atoms with Crippen LogP contribution in [0.5, 0.6) is 0 Å². The summed E-state index contributed by atoms with van der Waals surface area (Å²) in [6, 6.07) is 18.5. The van der Waals surface area contributed by atoms with Crippen LogP contribution in [-0.2, 0) is 11.4 Å². The SMILES string of the molecule is Cc1ccnn1-c1cccc(NC(=O)NOCc2ccccc2)c1. The van der Waals surface area contributed by atoms with E-state index in [0.717, 1.165) is 16.9 Å². The molecule has 2 aromatic carbocycles. The van der Waals surface area contributed by atoms with Crippen LogP contribution in [0, 0.1) is 6.92 Å². The molecule has 3 rings (SSSR count). The van der Waals surface area contributed by atoms with Crippen molar-refractivity contribution in [3.63, 3.8) is 0 Å². The van der Waals surface area contributed by atoms with Gasteiger partial charge in [0.2, 0.25) is 0 Å². The van der Waals surface area contributed by atoms with Crippen molar-refractivity contribution in [1.82, 2.24) is 15.3 Å². The van der Waals surface area contributed by atoms with Crippen molar-refractivity contribution >= 4 is 11.7 Å². The molecule has 3 aromatic rings. The molecule has 0 aliphatic rings. The van der Waals surface area contributed by atoms with Gasteiger partial charge in [-0.3, -0.25) is 4.84 Å². The van der Waals surface area contributed by atoms with Gasteiger partial charge < -0.3 is 5.32 Å². The number of aromatic nitrogens is 2. The van der Waals surface area contributed by atoms with Gasteiger partial charge in [-0.05, 0) is 36.8 Å². The van der Waals surface area contributed by atoms with E-state index >= 15 is 0 Å². The minimum atomic E-state index is -0.430. The molecule has 0 fully saturated rings. The number of amides is 2. The number of nitrogens with zero attached hydrogens (tertiary/aromatic N) is 2. The number of hydrogen-bond donors (Lipinski definition) is 2. The lowest BCUT2D eigenvalue weighted by atomic mass is 10.2. The van der Waals surface area contributed by atoms with E-state index in [1.807, 2.05) is 61.5 Å². The van der Waals surface area contributed by atoms with Gasteiger partial charge in [0.1, 0.15) is 0 Å².